The predicted octanol–water partition coefficient (Wildman–Crippen LogP) is 2.39. The van der Waals surface area contributed by atoms with Crippen LogP contribution in [0.15, 0.2) is 34.6 Å². The average Bonchev–Trinajstić information content (AvgIpc) is 2.79. The molecule has 1 aromatic carbocycles. The topological polar surface area (TPSA) is 56.7 Å². The first-order valence-corrected chi connectivity index (χ1v) is 6.98. The van der Waals surface area contributed by atoms with E-state index in [0.717, 1.165) is 16.5 Å². The Morgan fingerprint density at radius 2 is 2.26 bits per heavy atom. The van der Waals surface area contributed by atoms with E-state index >= 15 is 0 Å². The molecule has 6 heteroatoms. The fourth-order valence-electron chi connectivity index (χ4n) is 1.70. The van der Waals surface area contributed by atoms with Crippen LogP contribution in [0.25, 0.3) is 0 Å². The van der Waals surface area contributed by atoms with E-state index in [-0.39, 0.29) is 11.9 Å². The minimum atomic E-state index is -0.212. The maximum Gasteiger partial charge on any atom is 0.195 e. The summed E-state index contributed by atoms with van der Waals surface area (Å²) in [5.41, 5.74) is 6.59. The van der Waals surface area contributed by atoms with Gasteiger partial charge in [-0.25, -0.2) is 4.39 Å². The van der Waals surface area contributed by atoms with Crippen molar-refractivity contribution in [3.05, 3.63) is 35.9 Å². The highest BCUT2D eigenvalue weighted by molar-refractivity contribution is 7.99. The van der Waals surface area contributed by atoms with E-state index < -0.39 is 0 Å². The molecule has 4 nitrogen and oxygen atoms in total. The van der Waals surface area contributed by atoms with Gasteiger partial charge in [-0.15, -0.1) is 10.2 Å². The number of aromatic nitrogens is 3. The van der Waals surface area contributed by atoms with Crippen molar-refractivity contribution in [2.24, 2.45) is 12.8 Å². The zero-order valence-electron chi connectivity index (χ0n) is 11.0. The van der Waals surface area contributed by atoms with Gasteiger partial charge in [0, 0.05) is 23.5 Å². The third-order valence-corrected chi connectivity index (χ3v) is 4.09. The quantitative estimate of drug-likeness (QED) is 0.913. The van der Waals surface area contributed by atoms with Crippen molar-refractivity contribution in [1.29, 1.82) is 0 Å². The van der Waals surface area contributed by atoms with E-state index in [4.69, 9.17) is 5.73 Å². The van der Waals surface area contributed by atoms with Gasteiger partial charge in [0.1, 0.15) is 12.1 Å². The van der Waals surface area contributed by atoms with Gasteiger partial charge in [0.15, 0.2) is 5.16 Å². The van der Waals surface area contributed by atoms with E-state index in [0.29, 0.717) is 12.0 Å². The molecule has 1 unspecified atom stereocenters. The largest absolute Gasteiger partial charge is 0.327 e. The zero-order chi connectivity index (χ0) is 13.8. The van der Waals surface area contributed by atoms with Crippen LogP contribution in [0.4, 0.5) is 4.39 Å². The Bertz CT molecular complexity index is 555. The number of hydrogen-bond donors (Lipinski definition) is 1. The normalized spacial score (nSPS) is 12.6. The smallest absolute Gasteiger partial charge is 0.195 e. The van der Waals surface area contributed by atoms with Crippen molar-refractivity contribution in [2.75, 3.05) is 0 Å². The van der Waals surface area contributed by atoms with Crippen molar-refractivity contribution < 1.29 is 4.39 Å². The van der Waals surface area contributed by atoms with Gasteiger partial charge in [-0.05, 0) is 36.7 Å². The lowest BCUT2D eigenvalue weighted by molar-refractivity contribution is 0.571. The molecule has 2 aromatic rings. The monoisotopic (exact) mass is 280 g/mol. The van der Waals surface area contributed by atoms with Crippen LogP contribution >= 0.6 is 11.8 Å². The second kappa shape index (κ2) is 6.16. The van der Waals surface area contributed by atoms with Crippen molar-refractivity contribution >= 4 is 11.8 Å². The van der Waals surface area contributed by atoms with Crippen LogP contribution in [0.3, 0.4) is 0 Å². The lowest BCUT2D eigenvalue weighted by Crippen LogP contribution is -2.22. The van der Waals surface area contributed by atoms with Crippen LogP contribution < -0.4 is 5.73 Å². The summed E-state index contributed by atoms with van der Waals surface area (Å²) < 4.78 is 15.8. The highest BCUT2D eigenvalue weighted by atomic mass is 32.2. The molecule has 2 rings (SSSR count). The highest BCUT2D eigenvalue weighted by Gasteiger charge is 2.14. The number of nitrogens with zero attached hydrogens (tertiary/aromatic N) is 3. The molecule has 102 valence electrons. The summed E-state index contributed by atoms with van der Waals surface area (Å²) >= 11 is 1.41. The minimum Gasteiger partial charge on any atom is -0.327 e. The third-order valence-electron chi connectivity index (χ3n) is 2.94. The van der Waals surface area contributed by atoms with E-state index in [2.05, 4.69) is 10.2 Å². The van der Waals surface area contributed by atoms with Crippen molar-refractivity contribution in [3.63, 3.8) is 0 Å². The van der Waals surface area contributed by atoms with Crippen LogP contribution in [-0.2, 0) is 13.5 Å². The molecule has 1 aromatic heterocycles. The van der Waals surface area contributed by atoms with Gasteiger partial charge in [-0.3, -0.25) is 0 Å². The third kappa shape index (κ3) is 3.33. The maximum atomic E-state index is 14.0. The fourth-order valence-corrected chi connectivity index (χ4v) is 2.63. The molecule has 1 heterocycles. The first-order chi connectivity index (χ1) is 9.11. The molecule has 0 spiro atoms. The van der Waals surface area contributed by atoms with Gasteiger partial charge in [0.2, 0.25) is 0 Å². The summed E-state index contributed by atoms with van der Waals surface area (Å²) in [6.45, 7) is 2.00. The number of halogens is 1. The molecule has 0 saturated carbocycles. The lowest BCUT2D eigenvalue weighted by atomic mass is 10.0. The van der Waals surface area contributed by atoms with Crippen molar-refractivity contribution in [1.82, 2.24) is 14.8 Å². The molecule has 0 saturated heterocycles. The van der Waals surface area contributed by atoms with Crippen LogP contribution in [0, 0.1) is 5.82 Å². The molecule has 0 bridgehead atoms. The Morgan fingerprint density at radius 1 is 1.47 bits per heavy atom. The lowest BCUT2D eigenvalue weighted by Gasteiger charge is -2.13. The number of aryl methyl sites for hydroxylation is 1. The molecular weight excluding hydrogens is 263 g/mol. The standard InChI is InChI=1S/C13H17FN4S/c1-3-9(15)7-10-11(14)5-4-6-12(10)19-13-17-16-8-18(13)2/h4-6,8-9H,3,7,15H2,1-2H3. The van der Waals surface area contributed by atoms with Crippen LogP contribution in [-0.4, -0.2) is 20.8 Å². The van der Waals surface area contributed by atoms with Gasteiger partial charge in [-0.1, -0.05) is 13.0 Å². The SMILES string of the molecule is CCC(N)Cc1c(F)cccc1Sc1nncn1C. The van der Waals surface area contributed by atoms with E-state index in [1.807, 2.05) is 20.0 Å². The minimum absolute atomic E-state index is 0.0317. The number of hydrogen-bond acceptors (Lipinski definition) is 4. The van der Waals surface area contributed by atoms with Crippen molar-refractivity contribution in [3.8, 4) is 0 Å². The van der Waals surface area contributed by atoms with Gasteiger partial charge in [0.25, 0.3) is 0 Å². The fraction of sp³-hybridized carbons (Fsp3) is 0.385. The molecule has 0 aliphatic rings. The average molecular weight is 280 g/mol. The van der Waals surface area contributed by atoms with Crippen LogP contribution in [0.1, 0.15) is 18.9 Å². The van der Waals surface area contributed by atoms with Crippen molar-refractivity contribution in [2.45, 2.75) is 35.9 Å². The predicted molar refractivity (Wildman–Crippen MR) is 73.5 cm³/mol. The number of rotatable bonds is 5. The second-order valence-corrected chi connectivity index (χ2v) is 5.42. The Balaban J connectivity index is 2.29. The summed E-state index contributed by atoms with van der Waals surface area (Å²) in [4.78, 5) is 0.847. The summed E-state index contributed by atoms with van der Waals surface area (Å²) in [6, 6.07) is 5.03. The van der Waals surface area contributed by atoms with Gasteiger partial charge in [0.05, 0.1) is 0 Å². The Labute approximate surface area is 116 Å². The Morgan fingerprint density at radius 3 is 2.89 bits per heavy atom. The Hall–Kier alpha value is -1.40. The first kappa shape index (κ1) is 14.0. The number of nitrogens with two attached hydrogens (primary N) is 1. The molecular formula is C13H17FN4S. The first-order valence-electron chi connectivity index (χ1n) is 6.16. The molecule has 0 radical (unpaired) electrons. The molecule has 2 N–H and O–H groups in total. The van der Waals surface area contributed by atoms with Gasteiger partial charge < -0.3 is 10.3 Å². The molecule has 0 amide bonds. The van der Waals surface area contributed by atoms with Crippen LogP contribution in [0.2, 0.25) is 0 Å². The summed E-state index contributed by atoms with van der Waals surface area (Å²) in [7, 11) is 1.86. The highest BCUT2D eigenvalue weighted by Crippen LogP contribution is 2.30. The Kier molecular flexibility index (Phi) is 4.55. The molecule has 0 aliphatic carbocycles. The zero-order valence-corrected chi connectivity index (χ0v) is 11.8. The summed E-state index contributed by atoms with van der Waals surface area (Å²) in [5.74, 6) is -0.212. The van der Waals surface area contributed by atoms with E-state index in [9.17, 15) is 4.39 Å². The molecule has 0 aliphatic heterocycles. The number of benzene rings is 1. The van der Waals surface area contributed by atoms with Crippen LogP contribution in [0.5, 0.6) is 0 Å². The second-order valence-electron chi connectivity index (χ2n) is 4.42. The molecule has 0 fully saturated rings. The van der Waals surface area contributed by atoms with Gasteiger partial charge in [-0.2, -0.15) is 0 Å². The summed E-state index contributed by atoms with van der Waals surface area (Å²) in [6.07, 6.45) is 2.98. The summed E-state index contributed by atoms with van der Waals surface area (Å²) in [5, 5.41) is 8.56. The van der Waals surface area contributed by atoms with Gasteiger partial charge >= 0.3 is 0 Å². The van der Waals surface area contributed by atoms with E-state index in [1.54, 1.807) is 17.0 Å². The van der Waals surface area contributed by atoms with E-state index in [1.165, 1.54) is 17.8 Å². The maximum absolute atomic E-state index is 14.0. The molecule has 19 heavy (non-hydrogen) atoms. The molecule has 1 atom stereocenters.